The first kappa shape index (κ1) is 15.6. The van der Waals surface area contributed by atoms with Crippen molar-refractivity contribution in [2.45, 2.75) is 18.0 Å². The summed E-state index contributed by atoms with van der Waals surface area (Å²) in [4.78, 5) is 21.9. The molecule has 0 aliphatic rings. The van der Waals surface area contributed by atoms with E-state index in [0.29, 0.717) is 5.33 Å². The van der Waals surface area contributed by atoms with Crippen molar-refractivity contribution in [3.8, 4) is 0 Å². The zero-order chi connectivity index (χ0) is 12.6. The lowest BCUT2D eigenvalue weighted by atomic mass is 10.5. The van der Waals surface area contributed by atoms with Crippen LogP contribution in [0.5, 0.6) is 0 Å². The van der Waals surface area contributed by atoms with E-state index in [9.17, 15) is 9.59 Å². The standard InChI is InChI=1S/C9H12Br2O5/c1-6(12)16-9(14)3-2-8(13)15-5-7(11)4-10/h2-3,6-7,12H,4-5H2,1H3. The van der Waals surface area contributed by atoms with Crippen molar-refractivity contribution in [2.24, 2.45) is 0 Å². The van der Waals surface area contributed by atoms with Crippen LogP contribution in [0.1, 0.15) is 6.92 Å². The number of halogens is 2. The van der Waals surface area contributed by atoms with Gasteiger partial charge in [-0.3, -0.25) is 0 Å². The van der Waals surface area contributed by atoms with Gasteiger partial charge in [-0.1, -0.05) is 31.9 Å². The Kier molecular flexibility index (Phi) is 8.50. The molecule has 0 aliphatic heterocycles. The second-order valence-corrected chi connectivity index (χ2v) is 4.69. The number of hydrogen-bond donors (Lipinski definition) is 1. The molecule has 5 nitrogen and oxygen atoms in total. The van der Waals surface area contributed by atoms with Gasteiger partial charge in [0.2, 0.25) is 0 Å². The third kappa shape index (κ3) is 8.87. The highest BCUT2D eigenvalue weighted by Gasteiger charge is 2.06. The maximum absolute atomic E-state index is 11.0. The summed E-state index contributed by atoms with van der Waals surface area (Å²) in [5, 5.41) is 9.34. The number of hydrogen-bond acceptors (Lipinski definition) is 5. The number of aliphatic hydroxyl groups excluding tert-OH is 1. The minimum Gasteiger partial charge on any atom is -0.461 e. The predicted octanol–water partition coefficient (Wildman–Crippen LogP) is 1.13. The average molecular weight is 360 g/mol. The van der Waals surface area contributed by atoms with Crippen LogP contribution in [-0.4, -0.2) is 40.1 Å². The molecule has 0 amide bonds. The van der Waals surface area contributed by atoms with Crippen LogP contribution in [0, 0.1) is 0 Å². The maximum Gasteiger partial charge on any atom is 0.333 e. The smallest absolute Gasteiger partial charge is 0.333 e. The molecular formula is C9H12Br2O5. The third-order valence-electron chi connectivity index (χ3n) is 1.22. The van der Waals surface area contributed by atoms with Crippen LogP contribution in [0.3, 0.4) is 0 Å². The number of ether oxygens (including phenoxy) is 2. The molecule has 2 unspecified atom stereocenters. The summed E-state index contributed by atoms with van der Waals surface area (Å²) < 4.78 is 9.13. The van der Waals surface area contributed by atoms with E-state index in [1.54, 1.807) is 0 Å². The molecule has 0 saturated carbocycles. The topological polar surface area (TPSA) is 72.8 Å². The minimum atomic E-state index is -1.20. The third-order valence-corrected chi connectivity index (χ3v) is 3.45. The average Bonchev–Trinajstić information content (AvgIpc) is 2.22. The fourth-order valence-corrected chi connectivity index (χ4v) is 0.928. The predicted molar refractivity (Wildman–Crippen MR) is 64.4 cm³/mol. The molecule has 7 heteroatoms. The van der Waals surface area contributed by atoms with Crippen molar-refractivity contribution in [1.29, 1.82) is 0 Å². The zero-order valence-corrected chi connectivity index (χ0v) is 11.7. The molecule has 16 heavy (non-hydrogen) atoms. The van der Waals surface area contributed by atoms with E-state index >= 15 is 0 Å². The monoisotopic (exact) mass is 358 g/mol. The molecule has 0 heterocycles. The quantitative estimate of drug-likeness (QED) is 0.333. The van der Waals surface area contributed by atoms with E-state index in [1.807, 2.05) is 0 Å². The maximum atomic E-state index is 11.0. The van der Waals surface area contributed by atoms with Gasteiger partial charge in [0.05, 0.1) is 4.83 Å². The second kappa shape index (κ2) is 8.72. The first-order valence-electron chi connectivity index (χ1n) is 4.39. The number of esters is 2. The number of carbonyl (C=O) groups excluding carboxylic acids is 2. The van der Waals surface area contributed by atoms with Gasteiger partial charge in [-0.25, -0.2) is 9.59 Å². The van der Waals surface area contributed by atoms with Crippen LogP contribution in [0.2, 0.25) is 0 Å². The molecule has 0 aliphatic carbocycles. The van der Waals surface area contributed by atoms with E-state index in [0.717, 1.165) is 12.2 Å². The van der Waals surface area contributed by atoms with Crippen molar-refractivity contribution in [3.05, 3.63) is 12.2 Å². The summed E-state index contributed by atoms with van der Waals surface area (Å²) in [5.74, 6) is -1.45. The molecule has 0 spiro atoms. The summed E-state index contributed by atoms with van der Waals surface area (Å²) in [7, 11) is 0. The van der Waals surface area contributed by atoms with Crippen LogP contribution >= 0.6 is 31.9 Å². The van der Waals surface area contributed by atoms with Crippen LogP contribution in [0.15, 0.2) is 12.2 Å². The van der Waals surface area contributed by atoms with Crippen LogP contribution in [-0.2, 0) is 19.1 Å². The largest absolute Gasteiger partial charge is 0.461 e. The molecule has 1 N–H and O–H groups in total. The second-order valence-electron chi connectivity index (χ2n) is 2.75. The van der Waals surface area contributed by atoms with E-state index in [2.05, 4.69) is 36.6 Å². The van der Waals surface area contributed by atoms with Gasteiger partial charge in [-0.15, -0.1) is 0 Å². The Labute approximate surface area is 110 Å². The summed E-state index contributed by atoms with van der Waals surface area (Å²) in [6.07, 6.45) is 0.638. The van der Waals surface area contributed by atoms with Gasteiger partial charge >= 0.3 is 11.9 Å². The van der Waals surface area contributed by atoms with Gasteiger partial charge in [0.15, 0.2) is 6.29 Å². The molecule has 0 bridgehead atoms. The van der Waals surface area contributed by atoms with E-state index < -0.39 is 18.2 Å². The Hall–Kier alpha value is -0.400. The van der Waals surface area contributed by atoms with Crippen molar-refractivity contribution >= 4 is 43.8 Å². The summed E-state index contributed by atoms with van der Waals surface area (Å²) in [6.45, 7) is 1.48. The van der Waals surface area contributed by atoms with Crippen molar-refractivity contribution < 1.29 is 24.2 Å². The molecule has 0 aromatic carbocycles. The summed E-state index contributed by atoms with van der Waals surface area (Å²) in [6, 6.07) is 0. The minimum absolute atomic E-state index is 0.0225. The Balaban J connectivity index is 3.86. The fraction of sp³-hybridized carbons (Fsp3) is 0.556. The number of rotatable bonds is 6. The van der Waals surface area contributed by atoms with E-state index in [4.69, 9.17) is 9.84 Å². The van der Waals surface area contributed by atoms with Gasteiger partial charge in [0, 0.05) is 17.5 Å². The normalized spacial score (nSPS) is 14.5. The van der Waals surface area contributed by atoms with Gasteiger partial charge in [0.25, 0.3) is 0 Å². The number of alkyl halides is 2. The molecule has 92 valence electrons. The first-order chi connectivity index (χ1) is 7.45. The lowest BCUT2D eigenvalue weighted by Gasteiger charge is -2.05. The Morgan fingerprint density at radius 1 is 1.38 bits per heavy atom. The van der Waals surface area contributed by atoms with Gasteiger partial charge in [-0.2, -0.15) is 0 Å². The van der Waals surface area contributed by atoms with Crippen LogP contribution < -0.4 is 0 Å². The van der Waals surface area contributed by atoms with Crippen LogP contribution in [0.25, 0.3) is 0 Å². The molecule has 0 rings (SSSR count). The highest BCUT2D eigenvalue weighted by Crippen LogP contribution is 2.03. The highest BCUT2D eigenvalue weighted by molar-refractivity contribution is 9.12. The van der Waals surface area contributed by atoms with Gasteiger partial charge < -0.3 is 14.6 Å². The molecule has 0 radical (unpaired) electrons. The molecule has 0 aromatic heterocycles. The van der Waals surface area contributed by atoms with Gasteiger partial charge in [-0.05, 0) is 6.92 Å². The Morgan fingerprint density at radius 3 is 2.44 bits per heavy atom. The number of carbonyl (C=O) groups is 2. The van der Waals surface area contributed by atoms with E-state index in [1.165, 1.54) is 6.92 Å². The van der Waals surface area contributed by atoms with Crippen molar-refractivity contribution in [1.82, 2.24) is 0 Å². The molecule has 0 aromatic rings. The highest BCUT2D eigenvalue weighted by atomic mass is 79.9. The van der Waals surface area contributed by atoms with Crippen molar-refractivity contribution in [3.63, 3.8) is 0 Å². The fourth-order valence-electron chi connectivity index (χ4n) is 0.609. The first-order valence-corrected chi connectivity index (χ1v) is 6.43. The van der Waals surface area contributed by atoms with Crippen LogP contribution in [0.4, 0.5) is 0 Å². The molecule has 0 saturated heterocycles. The Bertz CT molecular complexity index is 265. The molecule has 0 fully saturated rings. The summed E-state index contributed by atoms with van der Waals surface area (Å²) >= 11 is 6.44. The lowest BCUT2D eigenvalue weighted by molar-refractivity contribution is -0.158. The zero-order valence-electron chi connectivity index (χ0n) is 8.56. The summed E-state index contributed by atoms with van der Waals surface area (Å²) in [5.41, 5.74) is 0. The number of aliphatic hydroxyl groups is 1. The molecular weight excluding hydrogens is 348 g/mol. The lowest BCUT2D eigenvalue weighted by Crippen LogP contribution is -2.14. The Morgan fingerprint density at radius 2 is 1.94 bits per heavy atom. The molecule has 2 atom stereocenters. The SMILES string of the molecule is CC(O)OC(=O)C=CC(=O)OCC(Br)CBr. The van der Waals surface area contributed by atoms with E-state index in [-0.39, 0.29) is 11.4 Å². The van der Waals surface area contributed by atoms with Crippen molar-refractivity contribution in [2.75, 3.05) is 11.9 Å². The van der Waals surface area contributed by atoms with Gasteiger partial charge in [0.1, 0.15) is 6.61 Å².